The van der Waals surface area contributed by atoms with Gasteiger partial charge in [0.1, 0.15) is 11.8 Å². The molecule has 2 aliphatic rings. The maximum Gasteiger partial charge on any atom is 1.00 e. The van der Waals surface area contributed by atoms with Crippen molar-refractivity contribution in [2.24, 2.45) is 5.73 Å². The van der Waals surface area contributed by atoms with Gasteiger partial charge in [0.25, 0.3) is 5.91 Å². The summed E-state index contributed by atoms with van der Waals surface area (Å²) in [5.74, 6) is -4.63. The van der Waals surface area contributed by atoms with Crippen LogP contribution in [0.4, 0.5) is 0 Å². The van der Waals surface area contributed by atoms with E-state index in [2.05, 4.69) is 21.3 Å². The number of nitrogens with one attached hydrogen (secondary N) is 4. The number of benzene rings is 1. The molecule has 14 nitrogen and oxygen atoms in total. The van der Waals surface area contributed by atoms with Gasteiger partial charge in [-0.05, 0) is 31.5 Å². The van der Waals surface area contributed by atoms with Gasteiger partial charge in [-0.2, -0.15) is 0 Å². The van der Waals surface area contributed by atoms with Gasteiger partial charge in [0.15, 0.2) is 11.0 Å². The Morgan fingerprint density at radius 3 is 2.34 bits per heavy atom. The largest absolute Gasteiger partial charge is 1.00 e. The van der Waals surface area contributed by atoms with Crippen molar-refractivity contribution in [3.05, 3.63) is 29.8 Å². The van der Waals surface area contributed by atoms with E-state index < -0.39 is 63.5 Å². The smallest absolute Gasteiger partial charge is 0.548 e. The van der Waals surface area contributed by atoms with Gasteiger partial charge < -0.3 is 42.0 Å². The van der Waals surface area contributed by atoms with E-state index in [1.807, 2.05) is 0 Å². The number of rotatable bonds is 10. The Balaban J connectivity index is 0.00000507. The first-order valence-electron chi connectivity index (χ1n) is 11.1. The summed E-state index contributed by atoms with van der Waals surface area (Å²) < 4.78 is -1.08. The van der Waals surface area contributed by atoms with Crippen LogP contribution in [-0.4, -0.2) is 80.9 Å². The van der Waals surface area contributed by atoms with Crippen molar-refractivity contribution in [1.82, 2.24) is 26.2 Å². The van der Waals surface area contributed by atoms with Crippen molar-refractivity contribution in [3.63, 3.8) is 0 Å². The van der Waals surface area contributed by atoms with Crippen molar-refractivity contribution in [2.75, 3.05) is 7.05 Å². The normalized spacial score (nSPS) is 24.4. The third-order valence-electron chi connectivity index (χ3n) is 6.14. The maximum atomic E-state index is 13.4. The number of fused-ring (bicyclic) bond motifs is 1. The van der Waals surface area contributed by atoms with Crippen molar-refractivity contribution >= 4 is 47.8 Å². The number of thioether (sulfide) groups is 1. The Morgan fingerprint density at radius 2 is 1.82 bits per heavy atom. The molecule has 38 heavy (non-hydrogen) atoms. The fraction of sp³-hybridized carbons (Fsp3) is 0.455. The molecule has 0 bridgehead atoms. The summed E-state index contributed by atoms with van der Waals surface area (Å²) in [7, 11) is 1.37. The molecule has 5 atom stereocenters. The van der Waals surface area contributed by atoms with E-state index >= 15 is 0 Å². The molecule has 2 heterocycles. The van der Waals surface area contributed by atoms with Gasteiger partial charge in [-0.1, -0.05) is 12.1 Å². The van der Waals surface area contributed by atoms with E-state index in [1.54, 1.807) is 13.8 Å². The molecule has 1 aromatic carbocycles. The predicted octanol–water partition coefficient (Wildman–Crippen LogP) is -6.61. The number of carbonyl (C=O) groups is 6. The molecule has 200 valence electrons. The number of carboxylic acids is 1. The first-order chi connectivity index (χ1) is 17.3. The van der Waals surface area contributed by atoms with Gasteiger partial charge in [0.2, 0.25) is 24.1 Å². The van der Waals surface area contributed by atoms with Crippen LogP contribution < -0.4 is 61.7 Å². The molecule has 16 heteroatoms. The minimum absolute atomic E-state index is 0. The van der Waals surface area contributed by atoms with E-state index in [0.717, 1.165) is 16.7 Å². The maximum absolute atomic E-state index is 13.4. The van der Waals surface area contributed by atoms with Gasteiger partial charge in [0, 0.05) is 11.8 Å². The second-order valence-corrected chi connectivity index (χ2v) is 10.9. The second-order valence-electron chi connectivity index (χ2n) is 9.05. The summed E-state index contributed by atoms with van der Waals surface area (Å²) in [5, 5.41) is 31.1. The molecule has 7 N–H and O–H groups in total. The van der Waals surface area contributed by atoms with Crippen molar-refractivity contribution in [3.8, 4) is 5.75 Å². The third-order valence-corrected chi connectivity index (χ3v) is 7.75. The average Bonchev–Trinajstić information content (AvgIpc) is 3.05. The number of phenols is 1. The van der Waals surface area contributed by atoms with Crippen LogP contribution in [0, 0.1) is 0 Å². The first kappa shape index (κ1) is 31.4. The zero-order chi connectivity index (χ0) is 27.7. The molecule has 5 amide bonds. The van der Waals surface area contributed by atoms with E-state index in [0.29, 0.717) is 0 Å². The number of aliphatic carboxylic acids is 1. The van der Waals surface area contributed by atoms with Crippen LogP contribution in [0.25, 0.3) is 0 Å². The predicted molar refractivity (Wildman–Crippen MR) is 127 cm³/mol. The first-order valence-corrected chi connectivity index (χ1v) is 11.9. The van der Waals surface area contributed by atoms with E-state index in [1.165, 1.54) is 31.3 Å². The van der Waals surface area contributed by atoms with Gasteiger partial charge in [0.05, 0.1) is 24.5 Å². The summed E-state index contributed by atoms with van der Waals surface area (Å²) in [4.78, 5) is 73.3. The SMILES string of the molecule is CNC(=O)CC(N)C(=O)NC(C(=O)N[C@H]1C(=O)N2[C@@H](C(=O)[O-])C(C)(C)SC12NC=O)c1ccc(O)cc1.[Na+]. The van der Waals surface area contributed by atoms with Gasteiger partial charge in [-0.3, -0.25) is 28.9 Å². The number of carbonyl (C=O) groups excluding carboxylic acids is 6. The Bertz CT molecular complexity index is 1140. The number of hydrogen-bond donors (Lipinski definition) is 6. The van der Waals surface area contributed by atoms with Crippen molar-refractivity contribution in [2.45, 2.75) is 54.2 Å². The molecule has 0 aromatic heterocycles. The summed E-state index contributed by atoms with van der Waals surface area (Å²) in [6.45, 7) is 3.12. The Hall–Kier alpha value is -2.85. The number of amides is 5. The Kier molecular flexibility index (Phi) is 9.83. The fourth-order valence-corrected chi connectivity index (χ4v) is 6.18. The number of hydrogen-bond acceptors (Lipinski definition) is 10. The summed E-state index contributed by atoms with van der Waals surface area (Å²) in [6.07, 6.45) is -0.0681. The molecule has 0 aliphatic carbocycles. The molecular weight excluding hydrogens is 531 g/mol. The zero-order valence-corrected chi connectivity index (χ0v) is 24.0. The monoisotopic (exact) mass is 558 g/mol. The summed E-state index contributed by atoms with van der Waals surface area (Å²) in [5.41, 5.74) is 6.00. The van der Waals surface area contributed by atoms with Crippen LogP contribution in [0.1, 0.15) is 31.9 Å². The number of β-lactam (4-membered cyclic amide) rings is 1. The zero-order valence-electron chi connectivity index (χ0n) is 21.1. The number of phenolic OH excluding ortho intramolecular Hbond substituents is 1. The molecule has 2 saturated heterocycles. The molecule has 1 aromatic rings. The van der Waals surface area contributed by atoms with Crippen molar-refractivity contribution in [1.29, 1.82) is 0 Å². The quantitative estimate of drug-likeness (QED) is 0.0905. The minimum Gasteiger partial charge on any atom is -0.548 e. The molecule has 3 rings (SSSR count). The van der Waals surface area contributed by atoms with Crippen LogP contribution in [0.15, 0.2) is 24.3 Å². The molecule has 2 aliphatic heterocycles. The standard InChI is InChI=1S/C22H28N6O8S.Na/c1-21(2)16(20(35)36)28-19(34)15(22(28,37-21)25-9-29)27-18(33)14(10-4-6-11(30)7-5-10)26-17(32)12(23)8-13(31)24-3;/h4-7,9,12,14-16,30H,8,23H2,1-3H3,(H,24,31)(H,25,29)(H,26,32)(H,27,33)(H,35,36);/q;+1/p-1/t12?,14?,15-,16-,22?;/m0./s1. The number of aromatic hydroxyl groups is 1. The number of nitrogens with zero attached hydrogens (tertiary/aromatic N) is 1. The molecule has 0 radical (unpaired) electrons. The third kappa shape index (κ3) is 5.76. The molecule has 0 spiro atoms. The number of carboxylic acid groups (broad SMARTS) is 1. The van der Waals surface area contributed by atoms with E-state index in [-0.39, 0.29) is 53.7 Å². The van der Waals surface area contributed by atoms with Crippen LogP contribution in [0.2, 0.25) is 0 Å². The van der Waals surface area contributed by atoms with E-state index in [9.17, 15) is 39.0 Å². The number of nitrogens with two attached hydrogens (primary N) is 1. The average molecular weight is 559 g/mol. The summed E-state index contributed by atoms with van der Waals surface area (Å²) in [6, 6.07) is -0.219. The van der Waals surface area contributed by atoms with Gasteiger partial charge in [-0.25, -0.2) is 0 Å². The Morgan fingerprint density at radius 1 is 1.21 bits per heavy atom. The minimum atomic E-state index is -1.61. The fourth-order valence-electron chi connectivity index (χ4n) is 4.39. The van der Waals surface area contributed by atoms with Gasteiger partial charge in [-0.15, -0.1) is 11.8 Å². The molecule has 2 fully saturated rings. The van der Waals surface area contributed by atoms with Crippen LogP contribution in [0.3, 0.4) is 0 Å². The van der Waals surface area contributed by atoms with Gasteiger partial charge >= 0.3 is 29.6 Å². The summed E-state index contributed by atoms with van der Waals surface area (Å²) >= 11 is 0.960. The van der Waals surface area contributed by atoms with E-state index in [4.69, 9.17) is 5.73 Å². The molecular formula is C22H27N6NaO8S. The Labute approximate surface area is 244 Å². The van der Waals surface area contributed by atoms with Crippen molar-refractivity contribution < 1.29 is 68.5 Å². The van der Waals surface area contributed by atoms with Crippen LogP contribution >= 0.6 is 11.8 Å². The van der Waals surface area contributed by atoms with Crippen LogP contribution in [-0.2, 0) is 28.8 Å². The second kappa shape index (κ2) is 11.9. The topological polar surface area (TPSA) is 223 Å². The molecule has 3 unspecified atom stereocenters. The molecule has 0 saturated carbocycles. The van der Waals surface area contributed by atoms with Crippen LogP contribution in [0.5, 0.6) is 5.75 Å².